The van der Waals surface area contributed by atoms with Crippen LogP contribution in [0.15, 0.2) is 11.1 Å². The summed E-state index contributed by atoms with van der Waals surface area (Å²) in [5.41, 5.74) is 3.77. The van der Waals surface area contributed by atoms with Crippen LogP contribution in [0.2, 0.25) is 0 Å². The van der Waals surface area contributed by atoms with E-state index < -0.39 is 0 Å². The van der Waals surface area contributed by atoms with Crippen LogP contribution in [-0.4, -0.2) is 12.6 Å². The van der Waals surface area contributed by atoms with Crippen LogP contribution in [0.4, 0.5) is 0 Å². The van der Waals surface area contributed by atoms with E-state index in [9.17, 15) is 4.79 Å². The third-order valence-corrected chi connectivity index (χ3v) is 5.38. The molecule has 1 atom stereocenters. The molecule has 0 spiro atoms. The zero-order chi connectivity index (χ0) is 14.3. The van der Waals surface area contributed by atoms with Gasteiger partial charge in [-0.2, -0.15) is 0 Å². The first-order valence-electron chi connectivity index (χ1n) is 7.67. The van der Waals surface area contributed by atoms with E-state index >= 15 is 0 Å². The van der Waals surface area contributed by atoms with E-state index in [1.807, 2.05) is 6.92 Å². The summed E-state index contributed by atoms with van der Waals surface area (Å²) in [5.74, 6) is 0.396. The summed E-state index contributed by atoms with van der Waals surface area (Å²) >= 11 is 0. The number of rotatable bonds is 3. The second kappa shape index (κ2) is 4.96. The molecule has 1 unspecified atom stereocenters. The molecule has 0 saturated carbocycles. The molecular formula is C17H28O2. The summed E-state index contributed by atoms with van der Waals surface area (Å²) < 4.78 is 5.15. The lowest BCUT2D eigenvalue weighted by molar-refractivity contribution is -0.144. The monoisotopic (exact) mass is 264 g/mol. The quantitative estimate of drug-likeness (QED) is 0.554. The summed E-state index contributed by atoms with van der Waals surface area (Å²) in [6, 6.07) is 0. The number of carbonyl (C=O) groups excluding carboxylic acids is 1. The zero-order valence-corrected chi connectivity index (χ0v) is 13.1. The lowest BCUT2D eigenvalue weighted by Gasteiger charge is -2.35. The summed E-state index contributed by atoms with van der Waals surface area (Å²) in [4.78, 5) is 11.8. The fourth-order valence-corrected chi connectivity index (χ4v) is 4.02. The first-order valence-corrected chi connectivity index (χ1v) is 7.67. The second-order valence-electron chi connectivity index (χ2n) is 7.33. The van der Waals surface area contributed by atoms with Crippen molar-refractivity contribution in [1.82, 2.24) is 0 Å². The van der Waals surface area contributed by atoms with Gasteiger partial charge in [0.1, 0.15) is 0 Å². The lowest BCUT2D eigenvalue weighted by Crippen LogP contribution is -2.25. The topological polar surface area (TPSA) is 26.3 Å². The molecule has 2 aliphatic rings. The van der Waals surface area contributed by atoms with Gasteiger partial charge in [-0.25, -0.2) is 0 Å². The van der Waals surface area contributed by atoms with Gasteiger partial charge < -0.3 is 4.74 Å². The van der Waals surface area contributed by atoms with Gasteiger partial charge in [0.05, 0.1) is 6.61 Å². The fraction of sp³-hybridized carbons (Fsp3) is 0.824. The fourth-order valence-electron chi connectivity index (χ4n) is 4.02. The number of hydrogen-bond donors (Lipinski definition) is 0. The number of allylic oxidation sites excluding steroid dienone is 2. The van der Waals surface area contributed by atoms with E-state index in [4.69, 9.17) is 4.74 Å². The average Bonchev–Trinajstić information content (AvgIpc) is 2.53. The van der Waals surface area contributed by atoms with Crippen molar-refractivity contribution in [2.75, 3.05) is 6.61 Å². The smallest absolute Gasteiger partial charge is 0.306 e. The minimum atomic E-state index is -0.0294. The van der Waals surface area contributed by atoms with Crippen LogP contribution in [0.25, 0.3) is 0 Å². The SMILES string of the molecule is CCOC(=O)CC1CC2=C(CCCC2(C)C)C1(C)C. The van der Waals surface area contributed by atoms with Crippen LogP contribution in [0, 0.1) is 16.7 Å². The highest BCUT2D eigenvalue weighted by molar-refractivity contribution is 5.70. The van der Waals surface area contributed by atoms with E-state index in [0.717, 1.165) is 6.42 Å². The van der Waals surface area contributed by atoms with Crippen molar-refractivity contribution < 1.29 is 9.53 Å². The van der Waals surface area contributed by atoms with Gasteiger partial charge in [-0.3, -0.25) is 4.79 Å². The standard InChI is InChI=1S/C17H28O2/c1-6-19-15(18)11-12-10-14-13(17(12,4)5)8-7-9-16(14,2)3/h12H,6-11H2,1-5H3. The van der Waals surface area contributed by atoms with Crippen LogP contribution in [0.1, 0.15) is 66.7 Å². The van der Waals surface area contributed by atoms with Gasteiger partial charge in [0.25, 0.3) is 0 Å². The Balaban J connectivity index is 2.19. The van der Waals surface area contributed by atoms with Gasteiger partial charge >= 0.3 is 5.97 Å². The molecule has 19 heavy (non-hydrogen) atoms. The van der Waals surface area contributed by atoms with Crippen molar-refractivity contribution >= 4 is 5.97 Å². The zero-order valence-electron chi connectivity index (χ0n) is 13.1. The normalized spacial score (nSPS) is 28.2. The van der Waals surface area contributed by atoms with Crippen LogP contribution in [-0.2, 0) is 9.53 Å². The molecule has 0 heterocycles. The molecule has 0 amide bonds. The number of ether oxygens (including phenoxy) is 1. The molecule has 108 valence electrons. The highest BCUT2D eigenvalue weighted by Crippen LogP contribution is 2.58. The maximum atomic E-state index is 11.8. The van der Waals surface area contributed by atoms with Crippen molar-refractivity contribution in [3.63, 3.8) is 0 Å². The summed E-state index contributed by atoms with van der Waals surface area (Å²) in [5, 5.41) is 0. The molecule has 0 aromatic rings. The van der Waals surface area contributed by atoms with E-state index in [-0.39, 0.29) is 11.4 Å². The molecule has 0 bridgehead atoms. The van der Waals surface area contributed by atoms with Crippen molar-refractivity contribution in [2.45, 2.75) is 66.7 Å². The molecular weight excluding hydrogens is 236 g/mol. The molecule has 0 N–H and O–H groups in total. The predicted octanol–water partition coefficient (Wildman–Crippen LogP) is 4.49. The Bertz CT molecular complexity index is 401. The van der Waals surface area contributed by atoms with E-state index in [1.165, 1.54) is 19.3 Å². The van der Waals surface area contributed by atoms with E-state index in [1.54, 1.807) is 11.1 Å². The molecule has 0 aliphatic heterocycles. The second-order valence-corrected chi connectivity index (χ2v) is 7.33. The molecule has 0 radical (unpaired) electrons. The number of carbonyl (C=O) groups is 1. The number of hydrogen-bond acceptors (Lipinski definition) is 2. The van der Waals surface area contributed by atoms with Gasteiger partial charge in [0.15, 0.2) is 0 Å². The molecule has 0 aromatic carbocycles. The van der Waals surface area contributed by atoms with Crippen LogP contribution >= 0.6 is 0 Å². The maximum absolute atomic E-state index is 11.8. The lowest BCUT2D eigenvalue weighted by atomic mass is 9.70. The van der Waals surface area contributed by atoms with Crippen molar-refractivity contribution in [1.29, 1.82) is 0 Å². The Morgan fingerprint density at radius 1 is 1.26 bits per heavy atom. The van der Waals surface area contributed by atoms with E-state index in [2.05, 4.69) is 27.7 Å². The molecule has 0 saturated heterocycles. The minimum Gasteiger partial charge on any atom is -0.466 e. The van der Waals surface area contributed by atoms with Gasteiger partial charge in [-0.1, -0.05) is 38.8 Å². The van der Waals surface area contributed by atoms with Gasteiger partial charge in [0.2, 0.25) is 0 Å². The summed E-state index contributed by atoms with van der Waals surface area (Å²) in [6.45, 7) is 11.7. The Labute approximate surface area is 117 Å². The summed E-state index contributed by atoms with van der Waals surface area (Å²) in [6.07, 6.45) is 5.47. The molecule has 0 aromatic heterocycles. The molecule has 0 fully saturated rings. The minimum absolute atomic E-state index is 0.0294. The van der Waals surface area contributed by atoms with E-state index in [0.29, 0.717) is 24.4 Å². The van der Waals surface area contributed by atoms with Gasteiger partial charge in [0, 0.05) is 6.42 Å². The Kier molecular flexibility index (Phi) is 3.81. The van der Waals surface area contributed by atoms with Crippen LogP contribution in [0.5, 0.6) is 0 Å². The Hall–Kier alpha value is -0.790. The van der Waals surface area contributed by atoms with Crippen LogP contribution < -0.4 is 0 Å². The first kappa shape index (κ1) is 14.6. The molecule has 2 rings (SSSR count). The highest BCUT2D eigenvalue weighted by atomic mass is 16.5. The number of esters is 1. The van der Waals surface area contributed by atoms with Crippen molar-refractivity contribution in [3.8, 4) is 0 Å². The molecule has 2 heteroatoms. The van der Waals surface area contributed by atoms with Gasteiger partial charge in [-0.15, -0.1) is 0 Å². The van der Waals surface area contributed by atoms with Crippen molar-refractivity contribution in [3.05, 3.63) is 11.1 Å². The molecule has 2 nitrogen and oxygen atoms in total. The predicted molar refractivity (Wildman–Crippen MR) is 77.8 cm³/mol. The third kappa shape index (κ3) is 2.59. The Morgan fingerprint density at radius 3 is 2.53 bits per heavy atom. The largest absolute Gasteiger partial charge is 0.466 e. The van der Waals surface area contributed by atoms with Crippen molar-refractivity contribution in [2.24, 2.45) is 16.7 Å². The Morgan fingerprint density at radius 2 is 1.95 bits per heavy atom. The first-order chi connectivity index (χ1) is 8.79. The molecule has 2 aliphatic carbocycles. The van der Waals surface area contributed by atoms with Crippen LogP contribution in [0.3, 0.4) is 0 Å². The average molecular weight is 264 g/mol. The maximum Gasteiger partial charge on any atom is 0.306 e. The summed E-state index contributed by atoms with van der Waals surface area (Å²) in [7, 11) is 0. The third-order valence-electron chi connectivity index (χ3n) is 5.38. The highest BCUT2D eigenvalue weighted by Gasteiger charge is 2.47. The van der Waals surface area contributed by atoms with Gasteiger partial charge in [-0.05, 0) is 49.4 Å².